The average molecular weight is 323 g/mol. The van der Waals surface area contributed by atoms with Crippen molar-refractivity contribution < 1.29 is 24.2 Å². The molecule has 1 aliphatic rings. The fourth-order valence-corrected chi connectivity index (χ4v) is 3.06. The number of hydrogen-bond acceptors (Lipinski definition) is 3. The highest BCUT2D eigenvalue weighted by molar-refractivity contribution is 5.78. The Bertz CT molecular complexity index is 616. The van der Waals surface area contributed by atoms with Gasteiger partial charge in [-0.15, -0.1) is 0 Å². The molecule has 1 heterocycles. The molecule has 0 bridgehead atoms. The maximum Gasteiger partial charge on any atom is 0.303 e. The summed E-state index contributed by atoms with van der Waals surface area (Å²) in [6, 6.07) is 6.01. The third-order valence-corrected chi connectivity index (χ3v) is 4.24. The summed E-state index contributed by atoms with van der Waals surface area (Å²) < 4.78 is 13.9. The Labute approximate surface area is 134 Å². The minimum atomic E-state index is -1.39. The molecule has 1 atom stereocenters. The summed E-state index contributed by atoms with van der Waals surface area (Å²) in [4.78, 5) is 24.7. The van der Waals surface area contributed by atoms with E-state index in [2.05, 4.69) is 0 Å². The molecule has 2 rings (SSSR count). The summed E-state index contributed by atoms with van der Waals surface area (Å²) in [5.41, 5.74) is -1.86. The van der Waals surface area contributed by atoms with Crippen molar-refractivity contribution in [3.8, 4) is 0 Å². The van der Waals surface area contributed by atoms with Crippen molar-refractivity contribution in [3.05, 3.63) is 35.6 Å². The van der Waals surface area contributed by atoms with Crippen LogP contribution in [0.15, 0.2) is 24.3 Å². The fraction of sp³-hybridized carbons (Fsp3) is 0.529. The number of likely N-dealkylation sites (tertiary alicyclic amines) is 1. The summed E-state index contributed by atoms with van der Waals surface area (Å²) in [7, 11) is 0. The lowest BCUT2D eigenvalue weighted by atomic mass is 9.85. The van der Waals surface area contributed by atoms with Crippen LogP contribution in [-0.4, -0.2) is 40.1 Å². The van der Waals surface area contributed by atoms with Gasteiger partial charge in [-0.25, -0.2) is 4.39 Å². The molecule has 2 N–H and O–H groups in total. The topological polar surface area (TPSA) is 77.8 Å². The van der Waals surface area contributed by atoms with Gasteiger partial charge in [0.25, 0.3) is 0 Å². The number of amides is 1. The molecule has 23 heavy (non-hydrogen) atoms. The quantitative estimate of drug-likeness (QED) is 0.870. The maximum atomic E-state index is 13.9. The van der Waals surface area contributed by atoms with E-state index in [-0.39, 0.29) is 37.3 Å². The fourth-order valence-electron chi connectivity index (χ4n) is 3.06. The Morgan fingerprint density at radius 3 is 2.57 bits per heavy atom. The van der Waals surface area contributed by atoms with E-state index in [1.54, 1.807) is 26.0 Å². The molecule has 0 saturated carbocycles. The van der Waals surface area contributed by atoms with Gasteiger partial charge in [0.05, 0.1) is 13.0 Å². The standard InChI is InChI=1S/C17H22FNO4/c1-16(2,10-15(21)22)9-14(20)19-8-7-17(23,11-19)12-5-3-4-6-13(12)18/h3-6,23H,7-11H2,1-2H3,(H,21,22). The molecule has 0 spiro atoms. The van der Waals surface area contributed by atoms with Crippen LogP contribution in [0.5, 0.6) is 0 Å². The second kappa shape index (κ2) is 6.28. The van der Waals surface area contributed by atoms with Gasteiger partial charge in [0, 0.05) is 18.5 Å². The number of benzene rings is 1. The second-order valence-corrected chi connectivity index (χ2v) is 6.99. The molecule has 1 unspecified atom stereocenters. The van der Waals surface area contributed by atoms with Gasteiger partial charge in [-0.2, -0.15) is 0 Å². The first-order chi connectivity index (χ1) is 10.6. The number of hydrogen-bond donors (Lipinski definition) is 2. The lowest BCUT2D eigenvalue weighted by molar-refractivity contribution is -0.140. The Morgan fingerprint density at radius 2 is 1.96 bits per heavy atom. The molecule has 6 heteroatoms. The molecule has 1 aliphatic heterocycles. The van der Waals surface area contributed by atoms with E-state index in [0.29, 0.717) is 6.54 Å². The van der Waals surface area contributed by atoms with Crippen LogP contribution in [0, 0.1) is 11.2 Å². The zero-order valence-electron chi connectivity index (χ0n) is 13.4. The number of aliphatic carboxylic acids is 1. The van der Waals surface area contributed by atoms with E-state index < -0.39 is 22.8 Å². The highest BCUT2D eigenvalue weighted by Gasteiger charge is 2.42. The van der Waals surface area contributed by atoms with Crippen LogP contribution in [0.3, 0.4) is 0 Å². The van der Waals surface area contributed by atoms with Crippen molar-refractivity contribution in [1.29, 1.82) is 0 Å². The highest BCUT2D eigenvalue weighted by Crippen LogP contribution is 2.35. The first kappa shape index (κ1) is 17.4. The van der Waals surface area contributed by atoms with Crippen LogP contribution in [0.25, 0.3) is 0 Å². The molecule has 126 valence electrons. The van der Waals surface area contributed by atoms with Gasteiger partial charge in [-0.05, 0) is 17.9 Å². The van der Waals surface area contributed by atoms with Gasteiger partial charge >= 0.3 is 5.97 Å². The lowest BCUT2D eigenvalue weighted by Gasteiger charge is -2.27. The summed E-state index contributed by atoms with van der Waals surface area (Å²) in [6.45, 7) is 3.79. The van der Waals surface area contributed by atoms with Crippen LogP contribution in [0.1, 0.15) is 38.7 Å². The van der Waals surface area contributed by atoms with Gasteiger partial charge in [0.15, 0.2) is 0 Å². The van der Waals surface area contributed by atoms with E-state index in [1.165, 1.54) is 17.0 Å². The summed E-state index contributed by atoms with van der Waals surface area (Å²) >= 11 is 0. The molecule has 1 amide bonds. The number of rotatable bonds is 5. The van der Waals surface area contributed by atoms with Gasteiger partial charge in [0.1, 0.15) is 11.4 Å². The van der Waals surface area contributed by atoms with Crippen LogP contribution in [0.2, 0.25) is 0 Å². The number of β-amino-alcohol motifs (C(OH)–C–C–N with tert-alkyl or cyclic N) is 1. The number of carbonyl (C=O) groups excluding carboxylic acids is 1. The highest BCUT2D eigenvalue weighted by atomic mass is 19.1. The predicted molar refractivity (Wildman–Crippen MR) is 82.1 cm³/mol. The Hall–Kier alpha value is -1.95. The van der Waals surface area contributed by atoms with Gasteiger partial charge in [-0.3, -0.25) is 9.59 Å². The molecule has 5 nitrogen and oxygen atoms in total. The third kappa shape index (κ3) is 4.07. The number of carbonyl (C=O) groups is 2. The molecule has 0 radical (unpaired) electrons. The molecule has 1 aromatic carbocycles. The minimum Gasteiger partial charge on any atom is -0.481 e. The van der Waals surface area contributed by atoms with Crippen molar-refractivity contribution in [2.24, 2.45) is 5.41 Å². The van der Waals surface area contributed by atoms with Crippen LogP contribution in [-0.2, 0) is 15.2 Å². The van der Waals surface area contributed by atoms with Gasteiger partial charge in [-0.1, -0.05) is 32.0 Å². The first-order valence-electron chi connectivity index (χ1n) is 7.60. The van der Waals surface area contributed by atoms with E-state index in [1.807, 2.05) is 0 Å². The van der Waals surface area contributed by atoms with Gasteiger partial charge in [0.2, 0.25) is 5.91 Å². The number of carboxylic acids is 1. The van der Waals surface area contributed by atoms with Crippen molar-refractivity contribution >= 4 is 11.9 Å². The zero-order valence-corrected chi connectivity index (χ0v) is 13.4. The van der Waals surface area contributed by atoms with Crippen molar-refractivity contribution in [3.63, 3.8) is 0 Å². The van der Waals surface area contributed by atoms with Crippen LogP contribution >= 0.6 is 0 Å². The monoisotopic (exact) mass is 323 g/mol. The molecule has 1 fully saturated rings. The molecular weight excluding hydrogens is 301 g/mol. The Balaban J connectivity index is 2.06. The molecule has 1 saturated heterocycles. The first-order valence-corrected chi connectivity index (χ1v) is 7.60. The number of carboxylic acid groups (broad SMARTS) is 1. The summed E-state index contributed by atoms with van der Waals surface area (Å²) in [5.74, 6) is -1.66. The molecule has 0 aromatic heterocycles. The van der Waals surface area contributed by atoms with Crippen molar-refractivity contribution in [1.82, 2.24) is 4.90 Å². The van der Waals surface area contributed by atoms with E-state index in [4.69, 9.17) is 5.11 Å². The summed E-state index contributed by atoms with van der Waals surface area (Å²) in [6.07, 6.45) is 0.232. The Morgan fingerprint density at radius 1 is 1.30 bits per heavy atom. The lowest BCUT2D eigenvalue weighted by Crippen LogP contribution is -2.37. The number of aliphatic hydroxyl groups is 1. The maximum absolute atomic E-state index is 13.9. The largest absolute Gasteiger partial charge is 0.481 e. The third-order valence-electron chi connectivity index (χ3n) is 4.24. The van der Waals surface area contributed by atoms with Crippen molar-refractivity contribution in [2.75, 3.05) is 13.1 Å². The predicted octanol–water partition coefficient (Wildman–Crippen LogP) is 2.14. The van der Waals surface area contributed by atoms with Crippen molar-refractivity contribution in [2.45, 2.75) is 38.7 Å². The second-order valence-electron chi connectivity index (χ2n) is 6.99. The number of nitrogens with zero attached hydrogens (tertiary/aromatic N) is 1. The SMILES string of the molecule is CC(C)(CC(=O)O)CC(=O)N1CCC(O)(c2ccccc2F)C1. The van der Waals surface area contributed by atoms with E-state index in [0.717, 1.165) is 0 Å². The average Bonchev–Trinajstić information content (AvgIpc) is 2.81. The molecule has 0 aliphatic carbocycles. The smallest absolute Gasteiger partial charge is 0.303 e. The van der Waals surface area contributed by atoms with E-state index in [9.17, 15) is 19.1 Å². The summed E-state index contributed by atoms with van der Waals surface area (Å²) in [5, 5.41) is 19.6. The van der Waals surface area contributed by atoms with E-state index >= 15 is 0 Å². The van der Waals surface area contributed by atoms with Crippen LogP contribution < -0.4 is 0 Å². The minimum absolute atomic E-state index is 0.0237. The van der Waals surface area contributed by atoms with Gasteiger partial charge < -0.3 is 15.1 Å². The normalized spacial score (nSPS) is 21.5. The molecular formula is C17H22FNO4. The number of halogens is 1. The Kier molecular flexibility index (Phi) is 4.75. The van der Waals surface area contributed by atoms with Crippen LogP contribution in [0.4, 0.5) is 4.39 Å². The zero-order chi connectivity index (χ0) is 17.3. The molecule has 1 aromatic rings.